The third-order valence-corrected chi connectivity index (χ3v) is 6.24. The van der Waals surface area contributed by atoms with Gasteiger partial charge in [-0.05, 0) is 56.1 Å². The van der Waals surface area contributed by atoms with E-state index in [1.807, 2.05) is 0 Å². The van der Waals surface area contributed by atoms with Gasteiger partial charge in [0, 0.05) is 39.1 Å². The number of phenols is 1. The molecule has 1 heterocycles. The molecule has 28 heavy (non-hydrogen) atoms. The van der Waals surface area contributed by atoms with Gasteiger partial charge in [-0.2, -0.15) is 0 Å². The smallest absolute Gasteiger partial charge is 0.257 e. The van der Waals surface area contributed by atoms with E-state index >= 15 is 0 Å². The van der Waals surface area contributed by atoms with Gasteiger partial charge in [0.1, 0.15) is 0 Å². The van der Waals surface area contributed by atoms with E-state index in [0.29, 0.717) is 49.5 Å². The van der Waals surface area contributed by atoms with Crippen LogP contribution in [0.15, 0.2) is 12.1 Å². The average molecular weight is 391 g/mol. The lowest BCUT2D eigenvalue weighted by molar-refractivity contribution is -0.120. The molecule has 1 aromatic rings. The zero-order valence-electron chi connectivity index (χ0n) is 16.6. The molecule has 1 atom stereocenters. The molecular weight excluding hydrogens is 361 g/mol. The van der Waals surface area contributed by atoms with Gasteiger partial charge >= 0.3 is 0 Å². The number of carbonyl (C=O) groups is 2. The molecule has 0 aromatic heterocycles. The van der Waals surface area contributed by atoms with Gasteiger partial charge in [-0.3, -0.25) is 9.59 Å². The first-order valence-corrected chi connectivity index (χ1v) is 10.1. The van der Waals surface area contributed by atoms with Crippen LogP contribution in [0.3, 0.4) is 0 Å². The zero-order chi connectivity index (χ0) is 20.3. The average Bonchev–Trinajstić information content (AvgIpc) is 3.01. The van der Waals surface area contributed by atoms with E-state index in [-0.39, 0.29) is 17.4 Å². The minimum absolute atomic E-state index is 0.0302. The number of nitrogens with zero attached hydrogens (tertiary/aromatic N) is 1. The topological polar surface area (TPSA) is 81.7 Å². The number of fused-ring (bicyclic) bond motifs is 1. The van der Waals surface area contributed by atoms with E-state index in [9.17, 15) is 19.1 Å². The number of aromatic hydroxyl groups is 1. The summed E-state index contributed by atoms with van der Waals surface area (Å²) in [5.41, 5.74) is 0.686. The molecule has 1 aliphatic heterocycles. The molecule has 0 spiro atoms. The molecule has 1 unspecified atom stereocenters. The molecule has 1 fully saturated rings. The minimum Gasteiger partial charge on any atom is -0.505 e. The van der Waals surface area contributed by atoms with Crippen LogP contribution in [0, 0.1) is 17.7 Å². The fourth-order valence-corrected chi connectivity index (χ4v) is 4.44. The molecule has 1 saturated carbocycles. The predicted molar refractivity (Wildman–Crippen MR) is 104 cm³/mol. The Morgan fingerprint density at radius 2 is 2.04 bits per heavy atom. The Morgan fingerprint density at radius 1 is 1.32 bits per heavy atom. The summed E-state index contributed by atoms with van der Waals surface area (Å²) < 4.78 is 14.1. The molecule has 2 aliphatic rings. The summed E-state index contributed by atoms with van der Waals surface area (Å²) in [4.78, 5) is 25.6. The van der Waals surface area contributed by atoms with Crippen LogP contribution >= 0.6 is 0 Å². The summed E-state index contributed by atoms with van der Waals surface area (Å²) in [6.07, 6.45) is 4.74. The molecule has 2 amide bonds. The van der Waals surface area contributed by atoms with Gasteiger partial charge < -0.3 is 20.6 Å². The largest absolute Gasteiger partial charge is 0.505 e. The maximum atomic E-state index is 14.1. The maximum Gasteiger partial charge on any atom is 0.257 e. The van der Waals surface area contributed by atoms with Crippen LogP contribution in [0.4, 0.5) is 4.39 Å². The Balaban J connectivity index is 1.46. The SMILES string of the molecule is CNC(=O)CCNC(C)C1CCC(CN2Cc3ccc(O)c(F)c3C2=O)CC1. The van der Waals surface area contributed by atoms with Crippen LogP contribution in [0.2, 0.25) is 0 Å². The molecule has 154 valence electrons. The van der Waals surface area contributed by atoms with Crippen molar-refractivity contribution in [3.05, 3.63) is 29.1 Å². The van der Waals surface area contributed by atoms with Crippen LogP contribution in [0.1, 0.15) is 54.9 Å². The number of rotatable bonds is 7. The molecule has 3 N–H and O–H groups in total. The Morgan fingerprint density at radius 3 is 2.71 bits per heavy atom. The van der Waals surface area contributed by atoms with Crippen molar-refractivity contribution in [2.24, 2.45) is 11.8 Å². The molecule has 1 aromatic carbocycles. The predicted octanol–water partition coefficient (Wildman–Crippen LogP) is 2.41. The van der Waals surface area contributed by atoms with E-state index in [0.717, 1.165) is 25.7 Å². The second-order valence-electron chi connectivity index (χ2n) is 8.07. The molecule has 0 bridgehead atoms. The first-order chi connectivity index (χ1) is 13.4. The van der Waals surface area contributed by atoms with Gasteiger partial charge in [0.25, 0.3) is 5.91 Å². The first kappa shape index (κ1) is 20.6. The van der Waals surface area contributed by atoms with Gasteiger partial charge in [-0.25, -0.2) is 4.39 Å². The summed E-state index contributed by atoms with van der Waals surface area (Å²) in [5.74, 6) is -0.539. The zero-order valence-corrected chi connectivity index (χ0v) is 16.6. The van der Waals surface area contributed by atoms with Crippen molar-refractivity contribution in [1.29, 1.82) is 0 Å². The molecule has 7 heteroatoms. The van der Waals surface area contributed by atoms with Crippen molar-refractivity contribution < 1.29 is 19.1 Å². The van der Waals surface area contributed by atoms with Crippen molar-refractivity contribution in [2.45, 2.75) is 51.6 Å². The van der Waals surface area contributed by atoms with Gasteiger partial charge in [0.2, 0.25) is 5.91 Å². The van der Waals surface area contributed by atoms with Crippen molar-refractivity contribution in [3.63, 3.8) is 0 Å². The fraction of sp³-hybridized carbons (Fsp3) is 0.619. The van der Waals surface area contributed by atoms with Crippen molar-refractivity contribution in [1.82, 2.24) is 15.5 Å². The van der Waals surface area contributed by atoms with Crippen molar-refractivity contribution >= 4 is 11.8 Å². The van der Waals surface area contributed by atoms with Crippen molar-refractivity contribution in [2.75, 3.05) is 20.1 Å². The lowest BCUT2D eigenvalue weighted by Crippen LogP contribution is -2.39. The van der Waals surface area contributed by atoms with E-state index in [4.69, 9.17) is 0 Å². The second-order valence-corrected chi connectivity index (χ2v) is 8.07. The normalized spacial score (nSPS) is 22.8. The van der Waals surface area contributed by atoms with Crippen LogP contribution < -0.4 is 10.6 Å². The number of nitrogens with one attached hydrogen (secondary N) is 2. The molecule has 1 aliphatic carbocycles. The van der Waals surface area contributed by atoms with Crippen LogP contribution in [-0.2, 0) is 11.3 Å². The van der Waals surface area contributed by atoms with E-state index < -0.39 is 11.6 Å². The Labute approximate surface area is 165 Å². The highest BCUT2D eigenvalue weighted by Gasteiger charge is 2.34. The molecule has 3 rings (SSSR count). The van der Waals surface area contributed by atoms with Crippen LogP contribution in [-0.4, -0.2) is 48.0 Å². The molecule has 0 saturated heterocycles. The van der Waals surface area contributed by atoms with Gasteiger partial charge in [-0.15, -0.1) is 0 Å². The summed E-state index contributed by atoms with van der Waals surface area (Å²) in [5, 5.41) is 15.6. The number of phenolic OH excluding ortho intramolecular Hbond substituents is 1. The lowest BCUT2D eigenvalue weighted by atomic mass is 9.78. The number of amides is 2. The minimum atomic E-state index is -0.801. The molecule has 0 radical (unpaired) electrons. The van der Waals surface area contributed by atoms with E-state index in [1.165, 1.54) is 6.07 Å². The molecule has 6 nitrogen and oxygen atoms in total. The van der Waals surface area contributed by atoms with E-state index in [2.05, 4.69) is 17.6 Å². The number of halogens is 1. The number of hydrogen-bond donors (Lipinski definition) is 3. The summed E-state index contributed by atoms with van der Waals surface area (Å²) in [6, 6.07) is 3.31. The monoisotopic (exact) mass is 391 g/mol. The van der Waals surface area contributed by atoms with E-state index in [1.54, 1.807) is 18.0 Å². The third kappa shape index (κ3) is 4.46. The summed E-state index contributed by atoms with van der Waals surface area (Å²) in [7, 11) is 1.65. The van der Waals surface area contributed by atoms with Crippen molar-refractivity contribution in [3.8, 4) is 5.75 Å². The van der Waals surface area contributed by atoms with Crippen LogP contribution in [0.25, 0.3) is 0 Å². The van der Waals surface area contributed by atoms with Crippen LogP contribution in [0.5, 0.6) is 5.75 Å². The highest BCUT2D eigenvalue weighted by Crippen LogP contribution is 2.35. The highest BCUT2D eigenvalue weighted by molar-refractivity contribution is 5.99. The Bertz CT molecular complexity index is 732. The summed E-state index contributed by atoms with van der Waals surface area (Å²) in [6.45, 7) is 3.91. The standard InChI is InChI=1S/C21H30FN3O3/c1-13(24-10-9-18(27)23-2)15-5-3-14(4-6-15)11-25-12-16-7-8-17(26)20(22)19(16)21(25)28/h7-8,13-15,24,26H,3-6,9-12H2,1-2H3,(H,23,27). The third-order valence-electron chi connectivity index (χ3n) is 6.24. The van der Waals surface area contributed by atoms with Gasteiger partial charge in [0.15, 0.2) is 11.6 Å². The quantitative estimate of drug-likeness (QED) is 0.667. The Hall–Kier alpha value is -2.15. The Kier molecular flexibility index (Phi) is 6.54. The fourth-order valence-electron chi connectivity index (χ4n) is 4.44. The number of benzene rings is 1. The van der Waals surface area contributed by atoms with Gasteiger partial charge in [0.05, 0.1) is 5.56 Å². The lowest BCUT2D eigenvalue weighted by Gasteiger charge is -2.34. The number of hydrogen-bond acceptors (Lipinski definition) is 4. The maximum absolute atomic E-state index is 14.1. The first-order valence-electron chi connectivity index (χ1n) is 10.1. The molecular formula is C21H30FN3O3. The second kappa shape index (κ2) is 8.90. The summed E-state index contributed by atoms with van der Waals surface area (Å²) >= 11 is 0. The van der Waals surface area contributed by atoms with Gasteiger partial charge in [-0.1, -0.05) is 6.07 Å². The highest BCUT2D eigenvalue weighted by atomic mass is 19.1. The number of carbonyl (C=O) groups excluding carboxylic acids is 2.